The van der Waals surface area contributed by atoms with Gasteiger partial charge in [-0.3, -0.25) is 4.79 Å². The van der Waals surface area contributed by atoms with E-state index >= 15 is 0 Å². The van der Waals surface area contributed by atoms with E-state index in [9.17, 15) is 4.79 Å². The summed E-state index contributed by atoms with van der Waals surface area (Å²) in [5.74, 6) is 0.312. The van der Waals surface area contributed by atoms with Gasteiger partial charge in [-0.05, 0) is 37.0 Å². The second-order valence-electron chi connectivity index (χ2n) is 5.27. The fourth-order valence-electron chi connectivity index (χ4n) is 2.78. The summed E-state index contributed by atoms with van der Waals surface area (Å²) in [5, 5.41) is 0. The molecule has 1 aliphatic carbocycles. The van der Waals surface area contributed by atoms with Crippen LogP contribution in [0, 0.1) is 11.3 Å². The van der Waals surface area contributed by atoms with Crippen LogP contribution in [0.4, 0.5) is 0 Å². The maximum atomic E-state index is 10.9. The number of carbonyl (C=O) groups excluding carboxylic acids is 1. The fourth-order valence-corrected chi connectivity index (χ4v) is 2.78. The first-order valence-corrected chi connectivity index (χ1v) is 6.03. The van der Waals surface area contributed by atoms with E-state index in [1.54, 1.807) is 0 Å². The van der Waals surface area contributed by atoms with Crippen LogP contribution in [-0.4, -0.2) is 11.9 Å². The lowest BCUT2D eigenvalue weighted by Crippen LogP contribution is -2.38. The molecular formula is C12H24N2O. The second kappa shape index (κ2) is 4.97. The molecule has 15 heavy (non-hydrogen) atoms. The molecule has 1 aliphatic rings. The van der Waals surface area contributed by atoms with Gasteiger partial charge < -0.3 is 11.5 Å². The van der Waals surface area contributed by atoms with Crippen molar-refractivity contribution in [3.05, 3.63) is 0 Å². The molecule has 3 nitrogen and oxygen atoms in total. The molecule has 4 N–H and O–H groups in total. The lowest BCUT2D eigenvalue weighted by Gasteiger charge is -2.34. The molecule has 1 unspecified atom stereocenters. The van der Waals surface area contributed by atoms with E-state index in [1.807, 2.05) is 0 Å². The standard InChI is InChI=1S/C12H24N2O/c1-9(2)12(6-3-4-7-12)8-5-10(13)11(14)15/h9-10H,3-8,13H2,1-2H3,(H2,14,15). The van der Waals surface area contributed by atoms with Crippen LogP contribution in [-0.2, 0) is 4.79 Å². The molecule has 1 amide bonds. The smallest absolute Gasteiger partial charge is 0.234 e. The van der Waals surface area contributed by atoms with Gasteiger partial charge in [0.05, 0.1) is 6.04 Å². The SMILES string of the molecule is CC(C)C1(CCC(N)C(N)=O)CCCC1. The lowest BCUT2D eigenvalue weighted by molar-refractivity contribution is -0.119. The van der Waals surface area contributed by atoms with E-state index < -0.39 is 6.04 Å². The summed E-state index contributed by atoms with van der Waals surface area (Å²) in [6.45, 7) is 4.56. The molecule has 1 saturated carbocycles. The molecule has 0 bridgehead atoms. The Labute approximate surface area is 92.6 Å². The van der Waals surface area contributed by atoms with Crippen molar-refractivity contribution in [2.75, 3.05) is 0 Å². The predicted octanol–water partition coefficient (Wildman–Crippen LogP) is 1.80. The summed E-state index contributed by atoms with van der Waals surface area (Å²) >= 11 is 0. The van der Waals surface area contributed by atoms with Crippen molar-refractivity contribution in [2.24, 2.45) is 22.8 Å². The van der Waals surface area contributed by atoms with Crippen molar-refractivity contribution in [3.8, 4) is 0 Å². The summed E-state index contributed by atoms with van der Waals surface area (Å²) in [4.78, 5) is 10.9. The molecule has 0 aliphatic heterocycles. The Morgan fingerprint density at radius 3 is 2.27 bits per heavy atom. The van der Waals surface area contributed by atoms with E-state index in [2.05, 4.69) is 13.8 Å². The van der Waals surface area contributed by atoms with Crippen LogP contribution in [0.15, 0.2) is 0 Å². The summed E-state index contributed by atoms with van der Waals surface area (Å²) in [7, 11) is 0. The largest absolute Gasteiger partial charge is 0.368 e. The minimum absolute atomic E-state index is 0.369. The zero-order chi connectivity index (χ0) is 11.5. The topological polar surface area (TPSA) is 69.1 Å². The van der Waals surface area contributed by atoms with Gasteiger partial charge in [0, 0.05) is 0 Å². The lowest BCUT2D eigenvalue weighted by atomic mass is 9.72. The van der Waals surface area contributed by atoms with Gasteiger partial charge in [0.1, 0.15) is 0 Å². The molecule has 1 atom stereocenters. The van der Waals surface area contributed by atoms with E-state index in [1.165, 1.54) is 25.7 Å². The fraction of sp³-hybridized carbons (Fsp3) is 0.917. The Hall–Kier alpha value is -0.570. The molecule has 88 valence electrons. The first-order valence-electron chi connectivity index (χ1n) is 6.03. The van der Waals surface area contributed by atoms with Crippen LogP contribution in [0.2, 0.25) is 0 Å². The molecule has 0 saturated heterocycles. The van der Waals surface area contributed by atoms with Gasteiger partial charge in [-0.25, -0.2) is 0 Å². The number of hydrogen-bond acceptors (Lipinski definition) is 2. The highest BCUT2D eigenvalue weighted by atomic mass is 16.1. The second-order valence-corrected chi connectivity index (χ2v) is 5.27. The summed E-state index contributed by atoms with van der Waals surface area (Å²) < 4.78 is 0. The van der Waals surface area contributed by atoms with E-state index in [-0.39, 0.29) is 5.91 Å². The maximum Gasteiger partial charge on any atom is 0.234 e. The first-order chi connectivity index (χ1) is 6.98. The Bertz CT molecular complexity index is 220. The molecule has 1 fully saturated rings. The third-order valence-corrected chi connectivity index (χ3v) is 4.14. The van der Waals surface area contributed by atoms with Crippen molar-refractivity contribution in [2.45, 2.75) is 58.4 Å². The minimum Gasteiger partial charge on any atom is -0.368 e. The van der Waals surface area contributed by atoms with Crippen molar-refractivity contribution in [3.63, 3.8) is 0 Å². The van der Waals surface area contributed by atoms with Gasteiger partial charge in [-0.15, -0.1) is 0 Å². The molecule has 0 radical (unpaired) electrons. The minimum atomic E-state index is -0.457. The monoisotopic (exact) mass is 212 g/mol. The Morgan fingerprint density at radius 2 is 1.87 bits per heavy atom. The van der Waals surface area contributed by atoms with Crippen LogP contribution in [0.5, 0.6) is 0 Å². The molecule has 3 heteroatoms. The van der Waals surface area contributed by atoms with Crippen molar-refractivity contribution in [1.29, 1.82) is 0 Å². The third kappa shape index (κ3) is 2.94. The van der Waals surface area contributed by atoms with Gasteiger partial charge >= 0.3 is 0 Å². The van der Waals surface area contributed by atoms with Crippen molar-refractivity contribution in [1.82, 2.24) is 0 Å². The van der Waals surface area contributed by atoms with Crippen LogP contribution in [0.25, 0.3) is 0 Å². The number of primary amides is 1. The van der Waals surface area contributed by atoms with Gasteiger partial charge in [0.25, 0.3) is 0 Å². The van der Waals surface area contributed by atoms with E-state index in [4.69, 9.17) is 11.5 Å². The molecule has 0 heterocycles. The quantitative estimate of drug-likeness (QED) is 0.729. The number of nitrogens with two attached hydrogens (primary N) is 2. The highest BCUT2D eigenvalue weighted by Crippen LogP contribution is 2.47. The number of carbonyl (C=O) groups is 1. The summed E-state index contributed by atoms with van der Waals surface area (Å²) in [6.07, 6.45) is 7.02. The molecular weight excluding hydrogens is 188 g/mol. The van der Waals surface area contributed by atoms with Crippen molar-refractivity contribution >= 4 is 5.91 Å². The molecule has 0 spiro atoms. The zero-order valence-corrected chi connectivity index (χ0v) is 9.96. The highest BCUT2D eigenvalue weighted by Gasteiger charge is 2.36. The first kappa shape index (κ1) is 12.5. The van der Waals surface area contributed by atoms with E-state index in [0.29, 0.717) is 11.3 Å². The van der Waals surface area contributed by atoms with Gasteiger partial charge in [0.2, 0.25) is 5.91 Å². The van der Waals surface area contributed by atoms with E-state index in [0.717, 1.165) is 12.8 Å². The number of rotatable bonds is 5. The summed E-state index contributed by atoms with van der Waals surface area (Å²) in [5.41, 5.74) is 11.3. The summed E-state index contributed by atoms with van der Waals surface area (Å²) in [6, 6.07) is -0.457. The number of amides is 1. The van der Waals surface area contributed by atoms with Gasteiger partial charge in [0.15, 0.2) is 0 Å². The average Bonchev–Trinajstić information content (AvgIpc) is 2.63. The normalized spacial score (nSPS) is 21.9. The van der Waals surface area contributed by atoms with Crippen molar-refractivity contribution < 1.29 is 4.79 Å². The van der Waals surface area contributed by atoms with Gasteiger partial charge in [-0.2, -0.15) is 0 Å². The Kier molecular flexibility index (Phi) is 4.14. The maximum absolute atomic E-state index is 10.9. The van der Waals surface area contributed by atoms with Crippen LogP contribution < -0.4 is 11.5 Å². The van der Waals surface area contributed by atoms with Gasteiger partial charge in [-0.1, -0.05) is 26.7 Å². The molecule has 1 rings (SSSR count). The number of hydrogen-bond donors (Lipinski definition) is 2. The Morgan fingerprint density at radius 1 is 1.33 bits per heavy atom. The van der Waals surface area contributed by atoms with Crippen LogP contribution >= 0.6 is 0 Å². The van der Waals surface area contributed by atoms with Crippen LogP contribution in [0.1, 0.15) is 52.4 Å². The average molecular weight is 212 g/mol. The zero-order valence-electron chi connectivity index (χ0n) is 9.96. The predicted molar refractivity (Wildman–Crippen MR) is 62.1 cm³/mol. The Balaban J connectivity index is 2.49. The highest BCUT2D eigenvalue weighted by molar-refractivity contribution is 5.79. The molecule has 0 aromatic heterocycles. The third-order valence-electron chi connectivity index (χ3n) is 4.14. The molecule has 0 aromatic carbocycles. The van der Waals surface area contributed by atoms with Crippen LogP contribution in [0.3, 0.4) is 0 Å². The molecule has 0 aromatic rings.